The van der Waals surface area contributed by atoms with E-state index in [-0.39, 0.29) is 47.0 Å². The zero-order chi connectivity index (χ0) is 21.5. The van der Waals surface area contributed by atoms with Crippen LogP contribution in [0.2, 0.25) is 5.02 Å². The van der Waals surface area contributed by atoms with Gasteiger partial charge in [-0.15, -0.1) is 0 Å². The zero-order valence-electron chi connectivity index (χ0n) is 16.0. The molecule has 0 bridgehead atoms. The topological polar surface area (TPSA) is 89.6 Å². The standard InChI is InChI=1S/C20H19ClF2N4O2S/c1-11-7-19(23)10-30-18(24)27-20(19,9-29-11)12-4-14(22)6-15(5-12)26-17(28)16-3-2-13(21)8-25-16/h2-6,8,11H,7,9-10H2,1H3,(H2,24,27)(H,26,28)/t11-,19+,20+/m0/s1. The van der Waals surface area contributed by atoms with Crippen molar-refractivity contribution in [2.45, 2.75) is 30.7 Å². The summed E-state index contributed by atoms with van der Waals surface area (Å²) in [6.07, 6.45) is 1.13. The van der Waals surface area contributed by atoms with E-state index in [4.69, 9.17) is 22.1 Å². The molecule has 158 valence electrons. The Labute approximate surface area is 181 Å². The number of hydrogen-bond donors (Lipinski definition) is 2. The number of anilines is 1. The number of ether oxygens (including phenoxy) is 1. The Bertz CT molecular complexity index is 1020. The van der Waals surface area contributed by atoms with Crippen LogP contribution in [0.15, 0.2) is 41.5 Å². The largest absolute Gasteiger partial charge is 0.379 e. The second-order valence-electron chi connectivity index (χ2n) is 7.43. The highest BCUT2D eigenvalue weighted by atomic mass is 35.5. The Hall–Kier alpha value is -2.23. The minimum atomic E-state index is -1.77. The number of fused-ring (bicyclic) bond motifs is 1. The molecule has 1 aromatic carbocycles. The summed E-state index contributed by atoms with van der Waals surface area (Å²) in [4.78, 5) is 20.8. The molecule has 10 heteroatoms. The molecule has 1 aromatic heterocycles. The van der Waals surface area contributed by atoms with Crippen LogP contribution in [0.3, 0.4) is 0 Å². The van der Waals surface area contributed by atoms with Crippen LogP contribution in [-0.4, -0.2) is 40.2 Å². The molecular formula is C20H19ClF2N4O2S. The van der Waals surface area contributed by atoms with Crippen LogP contribution in [0, 0.1) is 5.82 Å². The van der Waals surface area contributed by atoms with Crippen LogP contribution in [0.4, 0.5) is 14.5 Å². The van der Waals surface area contributed by atoms with Gasteiger partial charge in [0.1, 0.15) is 17.1 Å². The molecule has 3 N–H and O–H groups in total. The number of carbonyl (C=O) groups excluding carboxylic acids is 1. The Morgan fingerprint density at radius 3 is 2.93 bits per heavy atom. The van der Waals surface area contributed by atoms with Crippen LogP contribution in [0.5, 0.6) is 0 Å². The van der Waals surface area contributed by atoms with Crippen molar-refractivity contribution in [1.82, 2.24) is 4.98 Å². The van der Waals surface area contributed by atoms with Crippen molar-refractivity contribution in [3.63, 3.8) is 0 Å². The van der Waals surface area contributed by atoms with Gasteiger partial charge in [-0.05, 0) is 42.8 Å². The predicted molar refractivity (Wildman–Crippen MR) is 113 cm³/mol. The normalized spacial score (nSPS) is 28.4. The molecule has 30 heavy (non-hydrogen) atoms. The molecule has 1 amide bonds. The predicted octanol–water partition coefficient (Wildman–Crippen LogP) is 3.90. The third-order valence-corrected chi connectivity index (χ3v) is 6.48. The summed E-state index contributed by atoms with van der Waals surface area (Å²) in [6, 6.07) is 6.82. The van der Waals surface area contributed by atoms with Gasteiger partial charge in [-0.3, -0.25) is 4.79 Å². The van der Waals surface area contributed by atoms with E-state index in [0.717, 1.165) is 17.8 Å². The number of pyridine rings is 1. The lowest BCUT2D eigenvalue weighted by atomic mass is 9.73. The highest BCUT2D eigenvalue weighted by molar-refractivity contribution is 8.13. The lowest BCUT2D eigenvalue weighted by molar-refractivity contribution is -0.106. The van der Waals surface area contributed by atoms with E-state index in [0.29, 0.717) is 5.02 Å². The molecule has 2 aromatic rings. The molecule has 6 nitrogen and oxygen atoms in total. The van der Waals surface area contributed by atoms with E-state index in [2.05, 4.69) is 15.3 Å². The molecule has 0 aliphatic carbocycles. The maximum atomic E-state index is 16.1. The number of thioether (sulfide) groups is 1. The van der Waals surface area contributed by atoms with Crippen LogP contribution in [0.1, 0.15) is 29.4 Å². The van der Waals surface area contributed by atoms with E-state index < -0.39 is 22.9 Å². The molecule has 4 rings (SSSR count). The Morgan fingerprint density at radius 2 is 2.20 bits per heavy atom. The number of rotatable bonds is 3. The van der Waals surface area contributed by atoms with Crippen LogP contribution < -0.4 is 11.1 Å². The SMILES string of the molecule is C[C@H]1C[C@@]2(F)CSC(N)=N[C@@]2(c2cc(F)cc(NC(=O)c3ccc(Cl)cn3)c2)CO1. The third-order valence-electron chi connectivity index (χ3n) is 5.27. The van der Waals surface area contributed by atoms with Gasteiger partial charge in [0, 0.05) is 24.1 Å². The summed E-state index contributed by atoms with van der Waals surface area (Å²) >= 11 is 6.92. The van der Waals surface area contributed by atoms with Gasteiger partial charge in [-0.25, -0.2) is 18.8 Å². The monoisotopic (exact) mass is 452 g/mol. The molecular weight excluding hydrogens is 434 g/mol. The van der Waals surface area contributed by atoms with Gasteiger partial charge in [0.2, 0.25) is 0 Å². The fourth-order valence-electron chi connectivity index (χ4n) is 3.81. The van der Waals surface area contributed by atoms with Crippen LogP contribution >= 0.6 is 23.4 Å². The molecule has 3 atom stereocenters. The maximum Gasteiger partial charge on any atom is 0.274 e. The quantitative estimate of drug-likeness (QED) is 0.737. The molecule has 1 saturated heterocycles. The molecule has 2 aliphatic rings. The molecule has 3 heterocycles. The number of aromatic nitrogens is 1. The van der Waals surface area contributed by atoms with Gasteiger partial charge in [0.25, 0.3) is 5.91 Å². The number of alkyl halides is 1. The second kappa shape index (κ2) is 7.79. The Morgan fingerprint density at radius 1 is 1.40 bits per heavy atom. The molecule has 0 unspecified atom stereocenters. The Balaban J connectivity index is 1.72. The van der Waals surface area contributed by atoms with E-state index >= 15 is 4.39 Å². The minimum absolute atomic E-state index is 0.0818. The summed E-state index contributed by atoms with van der Waals surface area (Å²) in [6.45, 7) is 1.70. The molecule has 2 aliphatic heterocycles. The van der Waals surface area contributed by atoms with Gasteiger partial charge in [-0.2, -0.15) is 0 Å². The number of hydrogen-bond acceptors (Lipinski definition) is 6. The number of amidine groups is 1. The summed E-state index contributed by atoms with van der Waals surface area (Å²) in [7, 11) is 0. The first-order chi connectivity index (χ1) is 14.2. The van der Waals surface area contributed by atoms with Crippen molar-refractivity contribution in [2.75, 3.05) is 17.7 Å². The zero-order valence-corrected chi connectivity index (χ0v) is 17.6. The fourth-order valence-corrected chi connectivity index (χ4v) is 4.87. The molecule has 0 radical (unpaired) electrons. The van der Waals surface area contributed by atoms with E-state index in [1.54, 1.807) is 6.92 Å². The van der Waals surface area contributed by atoms with Gasteiger partial charge < -0.3 is 15.8 Å². The van der Waals surface area contributed by atoms with Crippen molar-refractivity contribution in [3.05, 3.63) is 58.6 Å². The summed E-state index contributed by atoms with van der Waals surface area (Å²) in [5, 5.41) is 3.18. The third kappa shape index (κ3) is 3.77. The highest BCUT2D eigenvalue weighted by Gasteiger charge is 2.59. The van der Waals surface area contributed by atoms with Crippen molar-refractivity contribution in [1.29, 1.82) is 0 Å². The molecule has 0 saturated carbocycles. The van der Waals surface area contributed by atoms with Gasteiger partial charge in [0.05, 0.1) is 17.7 Å². The van der Waals surface area contributed by atoms with E-state index in [9.17, 15) is 9.18 Å². The Kier molecular flexibility index (Phi) is 5.46. The van der Waals surface area contributed by atoms with E-state index in [1.807, 2.05) is 0 Å². The maximum absolute atomic E-state index is 16.1. The average Bonchev–Trinajstić information content (AvgIpc) is 2.68. The van der Waals surface area contributed by atoms with Crippen molar-refractivity contribution in [2.24, 2.45) is 10.7 Å². The van der Waals surface area contributed by atoms with Gasteiger partial charge in [-0.1, -0.05) is 23.4 Å². The summed E-state index contributed by atoms with van der Waals surface area (Å²) in [5.74, 6) is -1.11. The van der Waals surface area contributed by atoms with Crippen molar-refractivity contribution in [3.8, 4) is 0 Å². The highest BCUT2D eigenvalue weighted by Crippen LogP contribution is 2.51. The number of nitrogens with one attached hydrogen (secondary N) is 1. The van der Waals surface area contributed by atoms with Crippen LogP contribution in [0.25, 0.3) is 0 Å². The first kappa shape index (κ1) is 21.0. The number of halogens is 3. The smallest absolute Gasteiger partial charge is 0.274 e. The number of nitrogens with zero attached hydrogens (tertiary/aromatic N) is 2. The van der Waals surface area contributed by atoms with Crippen molar-refractivity contribution < 1.29 is 18.3 Å². The van der Waals surface area contributed by atoms with Crippen molar-refractivity contribution >= 4 is 40.1 Å². The number of benzene rings is 1. The first-order valence-electron chi connectivity index (χ1n) is 9.23. The number of aliphatic imine (C=N–C) groups is 1. The van der Waals surface area contributed by atoms with Gasteiger partial charge >= 0.3 is 0 Å². The number of nitrogens with two attached hydrogens (primary N) is 1. The van der Waals surface area contributed by atoms with Crippen LogP contribution in [-0.2, 0) is 10.3 Å². The number of carbonyl (C=O) groups is 1. The lowest BCUT2D eigenvalue weighted by Crippen LogP contribution is -2.60. The van der Waals surface area contributed by atoms with Gasteiger partial charge in [0.15, 0.2) is 10.8 Å². The average molecular weight is 453 g/mol. The summed E-state index contributed by atoms with van der Waals surface area (Å²) < 4.78 is 36.3. The minimum Gasteiger partial charge on any atom is -0.379 e. The summed E-state index contributed by atoms with van der Waals surface area (Å²) in [5.41, 5.74) is 3.15. The fraction of sp³-hybridized carbons (Fsp3) is 0.350. The first-order valence-corrected chi connectivity index (χ1v) is 10.6. The molecule has 1 fully saturated rings. The second-order valence-corrected chi connectivity index (χ2v) is 8.87. The lowest BCUT2D eigenvalue weighted by Gasteiger charge is -2.49. The molecule has 0 spiro atoms. The number of amides is 1. The van der Waals surface area contributed by atoms with E-state index in [1.165, 1.54) is 30.5 Å².